The van der Waals surface area contributed by atoms with Crippen LogP contribution in [0.15, 0.2) is 437 Å². The molecule has 0 atom stereocenters. The number of nitrogens with zero attached hydrogens (tertiary/aromatic N) is 8. The molecule has 6 heterocycles. The molecule has 0 amide bonds. The van der Waals surface area contributed by atoms with Gasteiger partial charge in [0, 0.05) is 118 Å². The maximum Gasteiger partial charge on any atom is 0.0969 e. The monoisotopic (exact) mass is 1460 g/mol. The fraction of sp³-hybridized carbons (Fsp3) is 0. The van der Waals surface area contributed by atoms with Crippen LogP contribution < -0.4 is 9.80 Å². The molecule has 0 aliphatic carbocycles. The molecule has 8 heteroatoms. The van der Waals surface area contributed by atoms with Gasteiger partial charge in [0.05, 0.1) is 55.3 Å². The van der Waals surface area contributed by atoms with Gasteiger partial charge in [-0.2, -0.15) is 0 Å². The van der Waals surface area contributed by atoms with Crippen molar-refractivity contribution in [2.24, 2.45) is 0 Å². The number of para-hydroxylation sites is 9. The van der Waals surface area contributed by atoms with E-state index in [2.05, 4.69) is 459 Å². The fourth-order valence-corrected chi connectivity index (χ4v) is 17.3. The summed E-state index contributed by atoms with van der Waals surface area (Å²) >= 11 is 0. The Morgan fingerprint density at radius 1 is 0.202 bits per heavy atom. The molecule has 0 fully saturated rings. The Morgan fingerprint density at radius 2 is 0.561 bits per heavy atom. The van der Waals surface area contributed by atoms with E-state index in [1.54, 1.807) is 0 Å². The van der Waals surface area contributed by atoms with Crippen LogP contribution >= 0.6 is 0 Å². The van der Waals surface area contributed by atoms with Gasteiger partial charge in [-0.25, -0.2) is 0 Å². The smallest absolute Gasteiger partial charge is 0.0969 e. The number of anilines is 6. The van der Waals surface area contributed by atoms with Gasteiger partial charge in [-0.05, 0) is 198 Å². The van der Waals surface area contributed by atoms with Gasteiger partial charge >= 0.3 is 0 Å². The molecule has 0 unspecified atom stereocenters. The number of fused-ring (bicyclic) bond motifs is 12. The molecule has 0 spiro atoms. The van der Waals surface area contributed by atoms with Crippen molar-refractivity contribution in [3.63, 3.8) is 0 Å². The highest BCUT2D eigenvalue weighted by Crippen LogP contribution is 2.47. The highest BCUT2D eigenvalue weighted by molar-refractivity contribution is 6.21. The van der Waals surface area contributed by atoms with Gasteiger partial charge in [-0.15, -0.1) is 0 Å². The summed E-state index contributed by atoms with van der Waals surface area (Å²) in [6.07, 6.45) is 4.02. The minimum absolute atomic E-state index is 0.947. The van der Waals surface area contributed by atoms with Crippen LogP contribution in [0.25, 0.3) is 155 Å². The Morgan fingerprint density at radius 3 is 1.11 bits per heavy atom. The molecule has 536 valence electrons. The second-order valence-electron chi connectivity index (χ2n) is 28.8. The van der Waals surface area contributed by atoms with E-state index >= 15 is 0 Å². The van der Waals surface area contributed by atoms with Crippen molar-refractivity contribution < 1.29 is 0 Å². The normalized spacial score (nSPS) is 11.5. The average molecular weight is 1460 g/mol. The molecule has 6 aromatic heterocycles. The third kappa shape index (κ3) is 11.6. The number of hydrogen-bond donors (Lipinski definition) is 0. The Hall–Kier alpha value is -15.4. The number of aromatic nitrogens is 6. The summed E-state index contributed by atoms with van der Waals surface area (Å²) in [5.74, 6) is 0. The summed E-state index contributed by atoms with van der Waals surface area (Å²) in [7, 11) is 0. The van der Waals surface area contributed by atoms with Gasteiger partial charge in [0.1, 0.15) is 0 Å². The third-order valence-corrected chi connectivity index (χ3v) is 22.3. The zero-order chi connectivity index (χ0) is 75.4. The first-order chi connectivity index (χ1) is 56.6. The lowest BCUT2D eigenvalue weighted by atomic mass is 9.99. The lowest BCUT2D eigenvalue weighted by Gasteiger charge is -2.26. The van der Waals surface area contributed by atoms with Gasteiger partial charge in [0.2, 0.25) is 0 Å². The third-order valence-electron chi connectivity index (χ3n) is 22.3. The van der Waals surface area contributed by atoms with E-state index in [0.29, 0.717) is 0 Å². The molecule has 0 radical (unpaired) electrons. The summed E-state index contributed by atoms with van der Waals surface area (Å²) in [5.41, 5.74) is 30.4. The van der Waals surface area contributed by atoms with Crippen molar-refractivity contribution in [2.75, 3.05) is 9.80 Å². The Bertz CT molecular complexity index is 7260. The minimum Gasteiger partial charge on any atom is -0.311 e. The predicted octanol–water partition coefficient (Wildman–Crippen LogP) is 28.2. The van der Waals surface area contributed by atoms with Crippen molar-refractivity contribution in [2.45, 2.75) is 0 Å². The summed E-state index contributed by atoms with van der Waals surface area (Å²) in [4.78, 5) is 14.8. The number of benzene rings is 16. The molecule has 0 saturated heterocycles. The van der Waals surface area contributed by atoms with E-state index in [4.69, 9.17) is 9.97 Å². The number of pyridine rings is 2. The topological polar surface area (TPSA) is 52.0 Å². The van der Waals surface area contributed by atoms with Gasteiger partial charge in [-0.3, -0.25) is 9.97 Å². The van der Waals surface area contributed by atoms with Crippen LogP contribution in [0.5, 0.6) is 0 Å². The van der Waals surface area contributed by atoms with Crippen molar-refractivity contribution >= 4 is 121 Å². The van der Waals surface area contributed by atoms with Crippen molar-refractivity contribution in [1.29, 1.82) is 0 Å². The SMILES string of the molecule is c1ccc(-c2ccc(N(c3ccccc3)c3ccc(-n4c5ccccc5c5c(-c6cc7c(cn6)c6ccccc6n7-c6ccccc6)cccc54)cc3)cc2)cc1.c1ccc(N(c2ccccc2)c2ccc(-c3cccc(-n4c5ccccc5c5c(-c6ccnc7c8ccccc8n(-c8ccccc8)c67)cccc54)c3)cc2)cc1. The molecule has 16 aromatic carbocycles. The Labute approximate surface area is 659 Å². The highest BCUT2D eigenvalue weighted by Gasteiger charge is 2.25. The predicted molar refractivity (Wildman–Crippen MR) is 477 cm³/mol. The molecule has 0 aliphatic rings. The first kappa shape index (κ1) is 66.8. The van der Waals surface area contributed by atoms with Crippen LogP contribution in [0, 0.1) is 0 Å². The van der Waals surface area contributed by atoms with E-state index in [1.807, 2.05) is 6.20 Å². The maximum absolute atomic E-state index is 5.16. The molecular formula is C106H72N8. The van der Waals surface area contributed by atoms with Crippen LogP contribution in [-0.4, -0.2) is 28.2 Å². The first-order valence-corrected chi connectivity index (χ1v) is 38.8. The highest BCUT2D eigenvalue weighted by atomic mass is 15.1. The van der Waals surface area contributed by atoms with Crippen LogP contribution in [-0.2, 0) is 0 Å². The quantitative estimate of drug-likeness (QED) is 0.109. The van der Waals surface area contributed by atoms with Crippen molar-refractivity contribution in [3.8, 4) is 67.4 Å². The first-order valence-electron chi connectivity index (χ1n) is 38.8. The molecule has 8 nitrogen and oxygen atoms in total. The number of rotatable bonds is 14. The van der Waals surface area contributed by atoms with E-state index in [0.717, 1.165) is 134 Å². The average Bonchev–Trinajstić information content (AvgIpc) is 1.57. The summed E-state index contributed by atoms with van der Waals surface area (Å²) in [6.45, 7) is 0. The van der Waals surface area contributed by atoms with E-state index in [9.17, 15) is 0 Å². The fourth-order valence-electron chi connectivity index (χ4n) is 17.3. The lowest BCUT2D eigenvalue weighted by molar-refractivity contribution is 1.17. The number of hydrogen-bond acceptors (Lipinski definition) is 4. The second kappa shape index (κ2) is 28.6. The van der Waals surface area contributed by atoms with Crippen LogP contribution in [0.2, 0.25) is 0 Å². The molecule has 0 N–H and O–H groups in total. The second-order valence-corrected chi connectivity index (χ2v) is 28.8. The molecule has 114 heavy (non-hydrogen) atoms. The molecule has 22 aromatic rings. The summed E-state index contributed by atoms with van der Waals surface area (Å²) < 4.78 is 9.54. The van der Waals surface area contributed by atoms with E-state index < -0.39 is 0 Å². The zero-order valence-corrected chi connectivity index (χ0v) is 62.1. The minimum atomic E-state index is 0.947. The van der Waals surface area contributed by atoms with E-state index in [1.165, 1.54) is 54.7 Å². The molecule has 22 rings (SSSR count). The van der Waals surface area contributed by atoms with Crippen LogP contribution in [0.3, 0.4) is 0 Å². The Kier molecular flexibility index (Phi) is 16.7. The molecule has 0 bridgehead atoms. The largest absolute Gasteiger partial charge is 0.311 e. The van der Waals surface area contributed by atoms with Crippen molar-refractivity contribution in [1.82, 2.24) is 28.2 Å². The van der Waals surface area contributed by atoms with Gasteiger partial charge < -0.3 is 28.1 Å². The summed E-state index contributed by atoms with van der Waals surface area (Å²) in [6, 6.07) is 152. The maximum atomic E-state index is 5.16. The molecule has 0 aliphatic heterocycles. The van der Waals surface area contributed by atoms with Crippen LogP contribution in [0.1, 0.15) is 0 Å². The van der Waals surface area contributed by atoms with Gasteiger partial charge in [-0.1, -0.05) is 255 Å². The van der Waals surface area contributed by atoms with E-state index in [-0.39, 0.29) is 0 Å². The van der Waals surface area contributed by atoms with Gasteiger partial charge in [0.25, 0.3) is 0 Å². The zero-order valence-electron chi connectivity index (χ0n) is 62.1. The lowest BCUT2D eigenvalue weighted by Crippen LogP contribution is -2.10. The molecular weight excluding hydrogens is 1390 g/mol. The van der Waals surface area contributed by atoms with Gasteiger partial charge in [0.15, 0.2) is 0 Å². The van der Waals surface area contributed by atoms with Crippen LogP contribution in [0.4, 0.5) is 34.1 Å². The molecule has 0 saturated carbocycles. The standard InChI is InChI=1S/2C53H36N4/c1-4-17-39(18-5-1)55(40-19-6-2-7-20-40)42-32-30-37(31-33-42)38-16-14-23-43(36-38)56-48-27-12-10-24-46(48)51-44(26-15-29-50(51)56)45-34-35-54-52-47-25-11-13-28-49(47)57(53(45)52)41-21-8-3-9-22-41;1-4-15-37(16-5-1)38-27-29-41(30-28-38)55(39-17-6-2-7-18-39)42-31-33-43(34-32-42)56-50-25-13-11-22-46(50)53-45(23-14-26-51(53)56)48-35-52-47(36-54-48)44-21-10-12-24-49(44)57(52)40-19-8-3-9-20-40/h2*1-36H. The van der Waals surface area contributed by atoms with Crippen molar-refractivity contribution in [3.05, 3.63) is 437 Å². The Balaban J connectivity index is 0.000000143. The summed E-state index contributed by atoms with van der Waals surface area (Å²) in [5, 5.41) is 8.31.